The summed E-state index contributed by atoms with van der Waals surface area (Å²) >= 11 is 5.52. The van der Waals surface area contributed by atoms with E-state index in [1.165, 1.54) is 16.0 Å². The summed E-state index contributed by atoms with van der Waals surface area (Å²) in [6.45, 7) is 2.46. The Bertz CT molecular complexity index is 548. The number of hydrogen-bond acceptors (Lipinski definition) is 3. The van der Waals surface area contributed by atoms with Crippen molar-refractivity contribution in [2.24, 2.45) is 0 Å². The molecule has 0 aliphatic heterocycles. The number of methoxy groups -OCH3 is 1. The van der Waals surface area contributed by atoms with Crippen molar-refractivity contribution >= 4 is 27.7 Å². The van der Waals surface area contributed by atoms with Gasteiger partial charge in [0, 0.05) is 35.3 Å². The molecular formula is C17H20BrNOS. The molecule has 2 rings (SSSR count). The maximum absolute atomic E-state index is 5.03. The summed E-state index contributed by atoms with van der Waals surface area (Å²) in [5.41, 5.74) is 2.62. The Balaban J connectivity index is 1.86. The molecular weight excluding hydrogens is 346 g/mol. The van der Waals surface area contributed by atoms with E-state index in [0.29, 0.717) is 0 Å². The second-order valence-corrected chi connectivity index (χ2v) is 6.60. The standard InChI is InChI=1S/C17H20BrNOS/c1-20-10-9-19-12-15-7-8-16(11-17(15)18)21-13-14-5-3-2-4-6-14/h2-8,11,19H,9-10,12-13H2,1H3. The Labute approximate surface area is 139 Å². The van der Waals surface area contributed by atoms with E-state index in [9.17, 15) is 0 Å². The van der Waals surface area contributed by atoms with E-state index < -0.39 is 0 Å². The summed E-state index contributed by atoms with van der Waals surface area (Å²) in [5, 5.41) is 3.36. The summed E-state index contributed by atoms with van der Waals surface area (Å²) < 4.78 is 6.18. The largest absolute Gasteiger partial charge is 0.383 e. The van der Waals surface area contributed by atoms with Crippen molar-refractivity contribution < 1.29 is 4.74 Å². The van der Waals surface area contributed by atoms with E-state index >= 15 is 0 Å². The summed E-state index contributed by atoms with van der Waals surface area (Å²) in [7, 11) is 1.72. The second kappa shape index (κ2) is 9.26. The van der Waals surface area contributed by atoms with E-state index in [1.807, 2.05) is 11.8 Å². The van der Waals surface area contributed by atoms with E-state index in [4.69, 9.17) is 4.74 Å². The lowest BCUT2D eigenvalue weighted by Crippen LogP contribution is -2.18. The van der Waals surface area contributed by atoms with Gasteiger partial charge in [-0.15, -0.1) is 11.8 Å². The minimum atomic E-state index is 0.739. The van der Waals surface area contributed by atoms with Gasteiger partial charge in [0.25, 0.3) is 0 Å². The number of halogens is 1. The first-order valence-corrected chi connectivity index (χ1v) is 8.72. The highest BCUT2D eigenvalue weighted by Crippen LogP contribution is 2.27. The van der Waals surface area contributed by atoms with Gasteiger partial charge in [0.15, 0.2) is 0 Å². The van der Waals surface area contributed by atoms with Gasteiger partial charge >= 0.3 is 0 Å². The monoisotopic (exact) mass is 365 g/mol. The van der Waals surface area contributed by atoms with Crippen molar-refractivity contribution in [2.75, 3.05) is 20.3 Å². The highest BCUT2D eigenvalue weighted by molar-refractivity contribution is 9.10. The molecule has 112 valence electrons. The predicted molar refractivity (Wildman–Crippen MR) is 93.7 cm³/mol. The SMILES string of the molecule is COCCNCc1ccc(SCc2ccccc2)cc1Br. The topological polar surface area (TPSA) is 21.3 Å². The molecule has 0 radical (unpaired) electrons. The van der Waals surface area contributed by atoms with Crippen LogP contribution in [0.2, 0.25) is 0 Å². The van der Waals surface area contributed by atoms with E-state index in [1.54, 1.807) is 7.11 Å². The molecule has 0 aromatic heterocycles. The summed E-state index contributed by atoms with van der Waals surface area (Å²) in [5.74, 6) is 0.999. The van der Waals surface area contributed by atoms with Gasteiger partial charge in [-0.3, -0.25) is 0 Å². The zero-order chi connectivity index (χ0) is 14.9. The molecule has 21 heavy (non-hydrogen) atoms. The van der Waals surface area contributed by atoms with Gasteiger partial charge in [-0.05, 0) is 23.3 Å². The fourth-order valence-corrected chi connectivity index (χ4v) is 3.46. The maximum atomic E-state index is 5.03. The van der Waals surface area contributed by atoms with E-state index in [-0.39, 0.29) is 0 Å². The number of hydrogen-bond donors (Lipinski definition) is 1. The summed E-state index contributed by atoms with van der Waals surface area (Å²) in [6, 6.07) is 17.1. The molecule has 0 amide bonds. The van der Waals surface area contributed by atoms with Crippen LogP contribution >= 0.6 is 27.7 Å². The molecule has 0 atom stereocenters. The third-order valence-electron chi connectivity index (χ3n) is 3.07. The lowest BCUT2D eigenvalue weighted by molar-refractivity contribution is 0.199. The Morgan fingerprint density at radius 3 is 2.67 bits per heavy atom. The van der Waals surface area contributed by atoms with Crippen LogP contribution in [0.3, 0.4) is 0 Å². The van der Waals surface area contributed by atoms with Crippen molar-refractivity contribution in [3.05, 3.63) is 64.1 Å². The minimum Gasteiger partial charge on any atom is -0.383 e. The van der Waals surface area contributed by atoms with Crippen LogP contribution in [0, 0.1) is 0 Å². The Morgan fingerprint density at radius 1 is 1.14 bits per heavy atom. The van der Waals surface area contributed by atoms with Crippen molar-refractivity contribution in [2.45, 2.75) is 17.2 Å². The molecule has 2 aromatic carbocycles. The quantitative estimate of drug-likeness (QED) is 0.550. The molecule has 1 N–H and O–H groups in total. The third-order valence-corrected chi connectivity index (χ3v) is 4.87. The maximum Gasteiger partial charge on any atom is 0.0587 e. The van der Waals surface area contributed by atoms with Crippen LogP contribution in [0.25, 0.3) is 0 Å². The number of thioether (sulfide) groups is 1. The fraction of sp³-hybridized carbons (Fsp3) is 0.294. The molecule has 0 bridgehead atoms. The van der Waals surface area contributed by atoms with Gasteiger partial charge in [0.05, 0.1) is 6.61 Å². The van der Waals surface area contributed by atoms with Crippen LogP contribution in [0.5, 0.6) is 0 Å². The van der Waals surface area contributed by atoms with Crippen LogP contribution in [-0.4, -0.2) is 20.3 Å². The van der Waals surface area contributed by atoms with E-state index in [2.05, 4.69) is 69.8 Å². The van der Waals surface area contributed by atoms with Gasteiger partial charge in [-0.2, -0.15) is 0 Å². The first-order chi connectivity index (χ1) is 10.3. The molecule has 0 saturated heterocycles. The highest BCUT2D eigenvalue weighted by atomic mass is 79.9. The molecule has 0 fully saturated rings. The van der Waals surface area contributed by atoms with Gasteiger partial charge in [0.1, 0.15) is 0 Å². The smallest absolute Gasteiger partial charge is 0.0587 e. The zero-order valence-electron chi connectivity index (χ0n) is 12.1. The Kier molecular flexibility index (Phi) is 7.30. The first-order valence-electron chi connectivity index (χ1n) is 6.94. The van der Waals surface area contributed by atoms with Gasteiger partial charge in [0.2, 0.25) is 0 Å². The van der Waals surface area contributed by atoms with Gasteiger partial charge in [-0.25, -0.2) is 0 Å². The normalized spacial score (nSPS) is 10.8. The van der Waals surface area contributed by atoms with Crippen LogP contribution in [0.1, 0.15) is 11.1 Å². The molecule has 4 heteroatoms. The van der Waals surface area contributed by atoms with Crippen molar-refractivity contribution in [1.29, 1.82) is 0 Å². The molecule has 0 aliphatic rings. The van der Waals surface area contributed by atoms with Crippen LogP contribution in [-0.2, 0) is 17.0 Å². The molecule has 0 heterocycles. The second-order valence-electron chi connectivity index (χ2n) is 4.70. The molecule has 0 saturated carbocycles. The highest BCUT2D eigenvalue weighted by Gasteiger charge is 2.02. The molecule has 0 spiro atoms. The first kappa shape index (κ1) is 16.6. The van der Waals surface area contributed by atoms with Gasteiger partial charge in [-0.1, -0.05) is 52.3 Å². The number of nitrogens with one attached hydrogen (secondary N) is 1. The lowest BCUT2D eigenvalue weighted by Gasteiger charge is -2.09. The van der Waals surface area contributed by atoms with Crippen LogP contribution in [0.4, 0.5) is 0 Å². The van der Waals surface area contributed by atoms with Crippen molar-refractivity contribution in [3.63, 3.8) is 0 Å². The number of ether oxygens (including phenoxy) is 1. The Morgan fingerprint density at radius 2 is 1.95 bits per heavy atom. The predicted octanol–water partition coefficient (Wildman–Crippen LogP) is 4.48. The number of benzene rings is 2. The average Bonchev–Trinajstić information content (AvgIpc) is 2.52. The Hall–Kier alpha value is -0.810. The summed E-state index contributed by atoms with van der Waals surface area (Å²) in [4.78, 5) is 1.28. The molecule has 2 nitrogen and oxygen atoms in total. The molecule has 0 aliphatic carbocycles. The molecule has 2 aromatic rings. The third kappa shape index (κ3) is 5.83. The van der Waals surface area contributed by atoms with Gasteiger partial charge < -0.3 is 10.1 Å². The zero-order valence-corrected chi connectivity index (χ0v) is 14.5. The lowest BCUT2D eigenvalue weighted by atomic mass is 10.2. The fourth-order valence-electron chi connectivity index (χ4n) is 1.90. The van der Waals surface area contributed by atoms with Crippen molar-refractivity contribution in [1.82, 2.24) is 5.32 Å². The minimum absolute atomic E-state index is 0.739. The average molecular weight is 366 g/mol. The number of rotatable bonds is 8. The van der Waals surface area contributed by atoms with E-state index in [0.717, 1.165) is 29.9 Å². The summed E-state index contributed by atoms with van der Waals surface area (Å²) in [6.07, 6.45) is 0. The van der Waals surface area contributed by atoms with Crippen LogP contribution in [0.15, 0.2) is 57.9 Å². The van der Waals surface area contributed by atoms with Crippen molar-refractivity contribution in [3.8, 4) is 0 Å². The molecule has 0 unspecified atom stereocenters. The van der Waals surface area contributed by atoms with Crippen LogP contribution < -0.4 is 5.32 Å².